The van der Waals surface area contributed by atoms with Crippen LogP contribution in [0.15, 0.2) is 48.5 Å². The monoisotopic (exact) mass is 394 g/mol. The van der Waals surface area contributed by atoms with Crippen molar-refractivity contribution in [3.8, 4) is 0 Å². The minimum atomic E-state index is -4.54. The van der Waals surface area contributed by atoms with E-state index in [0.29, 0.717) is 5.69 Å². The van der Waals surface area contributed by atoms with Gasteiger partial charge >= 0.3 is 12.1 Å². The lowest BCUT2D eigenvalue weighted by atomic mass is 10.2. The number of anilines is 2. The third-order valence-corrected chi connectivity index (χ3v) is 3.55. The van der Waals surface area contributed by atoms with Crippen molar-refractivity contribution in [1.29, 1.82) is 0 Å². The summed E-state index contributed by atoms with van der Waals surface area (Å²) in [6.07, 6.45) is -5.78. The lowest BCUT2D eigenvalue weighted by Gasteiger charge is -2.15. The molecule has 1 atom stereocenters. The first-order chi connectivity index (χ1) is 13.1. The number of ether oxygens (including phenoxy) is 1. The second-order valence-electron chi connectivity index (χ2n) is 5.87. The Morgan fingerprint density at radius 1 is 0.964 bits per heavy atom. The molecular formula is C19H17F3N2O4. The molecule has 0 aliphatic rings. The van der Waals surface area contributed by atoms with Crippen LogP contribution in [0, 0.1) is 0 Å². The molecule has 0 saturated heterocycles. The molecule has 148 valence electrons. The summed E-state index contributed by atoms with van der Waals surface area (Å²) in [6, 6.07) is 9.91. The molecule has 6 nitrogen and oxygen atoms in total. The molecular weight excluding hydrogens is 377 g/mol. The van der Waals surface area contributed by atoms with Gasteiger partial charge in [0.15, 0.2) is 6.10 Å². The molecule has 9 heteroatoms. The third kappa shape index (κ3) is 5.83. The topological polar surface area (TPSA) is 84.5 Å². The third-order valence-electron chi connectivity index (χ3n) is 3.55. The molecule has 2 N–H and O–H groups in total. The molecule has 0 bridgehead atoms. The van der Waals surface area contributed by atoms with Crippen LogP contribution >= 0.6 is 0 Å². The highest BCUT2D eigenvalue weighted by Crippen LogP contribution is 2.30. The molecule has 1 unspecified atom stereocenters. The number of halogens is 3. The van der Waals surface area contributed by atoms with Gasteiger partial charge in [0, 0.05) is 18.3 Å². The average molecular weight is 394 g/mol. The zero-order chi connectivity index (χ0) is 20.9. The second kappa shape index (κ2) is 8.55. The fraction of sp³-hybridized carbons (Fsp3) is 0.211. The zero-order valence-corrected chi connectivity index (χ0v) is 15.0. The lowest BCUT2D eigenvalue weighted by molar-refractivity contribution is -0.137. The van der Waals surface area contributed by atoms with Gasteiger partial charge in [0.05, 0.1) is 11.1 Å². The fourth-order valence-electron chi connectivity index (χ4n) is 2.19. The molecule has 0 aromatic heterocycles. The number of carbonyl (C=O) groups excluding carboxylic acids is 3. The molecule has 2 aromatic carbocycles. The van der Waals surface area contributed by atoms with Crippen molar-refractivity contribution in [1.82, 2.24) is 0 Å². The van der Waals surface area contributed by atoms with E-state index >= 15 is 0 Å². The van der Waals surface area contributed by atoms with Crippen molar-refractivity contribution in [2.45, 2.75) is 26.1 Å². The molecule has 0 spiro atoms. The quantitative estimate of drug-likeness (QED) is 0.755. The second-order valence-corrected chi connectivity index (χ2v) is 5.87. The number of benzene rings is 2. The summed E-state index contributed by atoms with van der Waals surface area (Å²) in [7, 11) is 0. The first-order valence-electron chi connectivity index (χ1n) is 8.13. The highest BCUT2D eigenvalue weighted by atomic mass is 19.4. The van der Waals surface area contributed by atoms with E-state index in [-0.39, 0.29) is 17.2 Å². The van der Waals surface area contributed by atoms with E-state index in [9.17, 15) is 27.6 Å². The van der Waals surface area contributed by atoms with Gasteiger partial charge in [-0.15, -0.1) is 0 Å². The number of hydrogen-bond donors (Lipinski definition) is 2. The minimum absolute atomic E-state index is 0.0672. The van der Waals surface area contributed by atoms with Gasteiger partial charge in [-0.05, 0) is 49.4 Å². The Hall–Kier alpha value is -3.36. The van der Waals surface area contributed by atoms with Crippen molar-refractivity contribution < 1.29 is 32.3 Å². The van der Waals surface area contributed by atoms with Gasteiger partial charge < -0.3 is 15.4 Å². The largest absolute Gasteiger partial charge is 0.449 e. The van der Waals surface area contributed by atoms with Gasteiger partial charge in [-0.3, -0.25) is 9.59 Å². The van der Waals surface area contributed by atoms with Crippen LogP contribution in [0.1, 0.15) is 29.8 Å². The van der Waals surface area contributed by atoms with E-state index in [0.717, 1.165) is 18.2 Å². The molecule has 0 fully saturated rings. The van der Waals surface area contributed by atoms with Crippen LogP contribution in [0.2, 0.25) is 0 Å². The summed E-state index contributed by atoms with van der Waals surface area (Å²) in [5, 5.41) is 4.82. The highest BCUT2D eigenvalue weighted by Gasteiger charge is 2.30. The van der Waals surface area contributed by atoms with Crippen LogP contribution in [-0.2, 0) is 20.5 Å². The van der Waals surface area contributed by atoms with Crippen LogP contribution in [-0.4, -0.2) is 23.9 Å². The van der Waals surface area contributed by atoms with Crippen LogP contribution in [0.25, 0.3) is 0 Å². The average Bonchev–Trinajstić information content (AvgIpc) is 2.61. The molecule has 2 amide bonds. The molecule has 2 rings (SSSR count). The number of nitrogens with one attached hydrogen (secondary N) is 2. The summed E-state index contributed by atoms with van der Waals surface area (Å²) in [5.74, 6) is -1.83. The maximum absolute atomic E-state index is 12.7. The number of alkyl halides is 3. The molecule has 0 aliphatic carbocycles. The number of amides is 2. The van der Waals surface area contributed by atoms with E-state index in [1.165, 1.54) is 44.2 Å². The Bertz CT molecular complexity index is 879. The molecule has 0 saturated carbocycles. The Morgan fingerprint density at radius 2 is 1.61 bits per heavy atom. The first-order valence-corrected chi connectivity index (χ1v) is 8.13. The number of esters is 1. The highest BCUT2D eigenvalue weighted by molar-refractivity contribution is 5.97. The molecule has 0 aliphatic heterocycles. The van der Waals surface area contributed by atoms with Crippen LogP contribution in [0.4, 0.5) is 24.5 Å². The standard InChI is InChI=1S/C19H17F3N2O4/c1-11(17(26)24-16-5-3-4-14(10-16)19(20,21)22)28-18(27)13-6-8-15(9-7-13)23-12(2)25/h3-11H,1-2H3,(H,23,25)(H,24,26). The van der Waals surface area contributed by atoms with Gasteiger partial charge in [-0.25, -0.2) is 4.79 Å². The predicted molar refractivity (Wildman–Crippen MR) is 95.7 cm³/mol. The van der Waals surface area contributed by atoms with Crippen molar-refractivity contribution in [3.05, 3.63) is 59.7 Å². The van der Waals surface area contributed by atoms with Crippen LogP contribution in [0.5, 0.6) is 0 Å². The van der Waals surface area contributed by atoms with Gasteiger partial charge in [-0.1, -0.05) is 6.07 Å². The Labute approximate surface area is 158 Å². The van der Waals surface area contributed by atoms with Crippen molar-refractivity contribution in [2.75, 3.05) is 10.6 Å². The van der Waals surface area contributed by atoms with Gasteiger partial charge in [0.25, 0.3) is 5.91 Å². The van der Waals surface area contributed by atoms with Gasteiger partial charge in [-0.2, -0.15) is 13.2 Å². The fourth-order valence-corrected chi connectivity index (χ4v) is 2.19. The van der Waals surface area contributed by atoms with E-state index in [1.54, 1.807) is 0 Å². The van der Waals surface area contributed by atoms with Gasteiger partial charge in [0.2, 0.25) is 5.91 Å². The summed E-state index contributed by atoms with van der Waals surface area (Å²) < 4.78 is 43.2. The van der Waals surface area contributed by atoms with Crippen molar-refractivity contribution >= 4 is 29.2 Å². The number of hydrogen-bond acceptors (Lipinski definition) is 4. The predicted octanol–water partition coefficient (Wildman–Crippen LogP) is 3.85. The summed E-state index contributed by atoms with van der Waals surface area (Å²) in [6.45, 7) is 2.64. The first kappa shape index (κ1) is 20.9. The summed E-state index contributed by atoms with van der Waals surface area (Å²) in [5.41, 5.74) is -0.344. The van der Waals surface area contributed by atoms with Gasteiger partial charge in [0.1, 0.15) is 0 Å². The summed E-state index contributed by atoms with van der Waals surface area (Å²) >= 11 is 0. The van der Waals surface area contributed by atoms with Crippen LogP contribution < -0.4 is 10.6 Å². The van der Waals surface area contributed by atoms with E-state index in [1.807, 2.05) is 0 Å². The molecule has 0 heterocycles. The van der Waals surface area contributed by atoms with E-state index in [2.05, 4.69) is 10.6 Å². The summed E-state index contributed by atoms with van der Waals surface area (Å²) in [4.78, 5) is 35.2. The molecule has 0 radical (unpaired) electrons. The van der Waals surface area contributed by atoms with Crippen LogP contribution in [0.3, 0.4) is 0 Å². The number of rotatable bonds is 5. The molecule has 28 heavy (non-hydrogen) atoms. The van der Waals surface area contributed by atoms with Crippen molar-refractivity contribution in [2.24, 2.45) is 0 Å². The minimum Gasteiger partial charge on any atom is -0.449 e. The lowest BCUT2D eigenvalue weighted by Crippen LogP contribution is -2.30. The Kier molecular flexibility index (Phi) is 6.40. The van der Waals surface area contributed by atoms with E-state index < -0.39 is 29.7 Å². The smallest absolute Gasteiger partial charge is 0.416 e. The number of carbonyl (C=O) groups is 3. The zero-order valence-electron chi connectivity index (χ0n) is 15.0. The SMILES string of the molecule is CC(=O)Nc1ccc(C(=O)OC(C)C(=O)Nc2cccc(C(F)(F)F)c2)cc1. The Morgan fingerprint density at radius 3 is 2.18 bits per heavy atom. The van der Waals surface area contributed by atoms with E-state index in [4.69, 9.17) is 4.74 Å². The molecule has 2 aromatic rings. The maximum atomic E-state index is 12.7. The maximum Gasteiger partial charge on any atom is 0.416 e. The Balaban J connectivity index is 1.98. The normalized spacial score (nSPS) is 12.0. The van der Waals surface area contributed by atoms with Crippen molar-refractivity contribution in [3.63, 3.8) is 0 Å².